The van der Waals surface area contributed by atoms with Crippen molar-refractivity contribution < 1.29 is 4.42 Å². The standard InChI is InChI=1S/C13H18N4O/c1-3-8-14-9-12-16-17-13(18-12)15-11-6-4-10(2)5-7-11/h4-7,14H,3,8-9H2,1-2H3,(H,15,17). The first-order chi connectivity index (χ1) is 8.78. The summed E-state index contributed by atoms with van der Waals surface area (Å²) in [6.45, 7) is 5.72. The molecule has 0 saturated carbocycles. The molecule has 0 fully saturated rings. The Morgan fingerprint density at radius 1 is 1.17 bits per heavy atom. The zero-order valence-corrected chi connectivity index (χ0v) is 10.7. The van der Waals surface area contributed by atoms with Gasteiger partial charge in [-0.2, -0.15) is 0 Å². The van der Waals surface area contributed by atoms with Gasteiger partial charge in [-0.25, -0.2) is 0 Å². The van der Waals surface area contributed by atoms with Crippen molar-refractivity contribution in [1.82, 2.24) is 15.5 Å². The van der Waals surface area contributed by atoms with Crippen LogP contribution in [0.2, 0.25) is 0 Å². The number of aromatic nitrogens is 2. The third-order valence-electron chi connectivity index (χ3n) is 2.47. The molecule has 0 amide bonds. The van der Waals surface area contributed by atoms with E-state index in [4.69, 9.17) is 4.42 Å². The van der Waals surface area contributed by atoms with Gasteiger partial charge in [0.2, 0.25) is 5.89 Å². The molecule has 0 unspecified atom stereocenters. The largest absolute Gasteiger partial charge is 0.406 e. The van der Waals surface area contributed by atoms with Crippen LogP contribution in [0.5, 0.6) is 0 Å². The van der Waals surface area contributed by atoms with Gasteiger partial charge in [-0.15, -0.1) is 5.10 Å². The van der Waals surface area contributed by atoms with Crippen molar-refractivity contribution in [3.63, 3.8) is 0 Å². The number of nitrogens with one attached hydrogen (secondary N) is 2. The Kier molecular flexibility index (Phi) is 4.30. The van der Waals surface area contributed by atoms with Gasteiger partial charge in [-0.3, -0.25) is 0 Å². The van der Waals surface area contributed by atoms with Crippen molar-refractivity contribution in [3.05, 3.63) is 35.7 Å². The summed E-state index contributed by atoms with van der Waals surface area (Å²) in [6.07, 6.45) is 1.09. The van der Waals surface area contributed by atoms with Crippen molar-refractivity contribution in [2.45, 2.75) is 26.8 Å². The molecule has 1 aromatic heterocycles. The highest BCUT2D eigenvalue weighted by molar-refractivity contribution is 5.52. The lowest BCUT2D eigenvalue weighted by Crippen LogP contribution is -2.13. The first-order valence-corrected chi connectivity index (χ1v) is 6.14. The Morgan fingerprint density at radius 3 is 2.67 bits per heavy atom. The van der Waals surface area contributed by atoms with Crippen LogP contribution >= 0.6 is 0 Å². The number of hydrogen-bond acceptors (Lipinski definition) is 5. The summed E-state index contributed by atoms with van der Waals surface area (Å²) in [5, 5.41) is 14.2. The molecule has 0 radical (unpaired) electrons. The lowest BCUT2D eigenvalue weighted by atomic mass is 10.2. The Balaban J connectivity index is 1.91. The molecule has 0 bridgehead atoms. The molecule has 0 aliphatic carbocycles. The van der Waals surface area contributed by atoms with E-state index in [-0.39, 0.29) is 0 Å². The number of rotatable bonds is 6. The summed E-state index contributed by atoms with van der Waals surface area (Å²) >= 11 is 0. The second kappa shape index (κ2) is 6.16. The molecule has 0 aliphatic heterocycles. The van der Waals surface area contributed by atoms with E-state index in [1.54, 1.807) is 0 Å². The van der Waals surface area contributed by atoms with E-state index in [1.165, 1.54) is 5.56 Å². The maximum Gasteiger partial charge on any atom is 0.320 e. The summed E-state index contributed by atoms with van der Waals surface area (Å²) in [6, 6.07) is 8.45. The Hall–Kier alpha value is -1.88. The van der Waals surface area contributed by atoms with E-state index in [1.807, 2.05) is 31.2 Å². The van der Waals surface area contributed by atoms with Crippen LogP contribution in [-0.2, 0) is 6.54 Å². The Labute approximate surface area is 107 Å². The molecule has 1 aromatic carbocycles. The predicted molar refractivity (Wildman–Crippen MR) is 70.8 cm³/mol. The third-order valence-corrected chi connectivity index (χ3v) is 2.47. The molecule has 1 heterocycles. The SMILES string of the molecule is CCCNCc1nnc(Nc2ccc(C)cc2)o1. The maximum absolute atomic E-state index is 5.47. The van der Waals surface area contributed by atoms with Crippen LogP contribution in [0.15, 0.2) is 28.7 Å². The topological polar surface area (TPSA) is 63.0 Å². The number of benzene rings is 1. The lowest BCUT2D eigenvalue weighted by Gasteiger charge is -2.01. The summed E-state index contributed by atoms with van der Waals surface area (Å²) < 4.78 is 5.47. The van der Waals surface area contributed by atoms with Gasteiger partial charge in [0, 0.05) is 5.69 Å². The number of aryl methyl sites for hydroxylation is 1. The van der Waals surface area contributed by atoms with E-state index < -0.39 is 0 Å². The summed E-state index contributed by atoms with van der Waals surface area (Å²) in [5.74, 6) is 0.595. The molecule has 5 nitrogen and oxygen atoms in total. The molecular weight excluding hydrogens is 228 g/mol. The quantitative estimate of drug-likeness (QED) is 0.767. The molecule has 0 spiro atoms. The normalized spacial score (nSPS) is 10.6. The van der Waals surface area contributed by atoms with Crippen LogP contribution in [-0.4, -0.2) is 16.7 Å². The minimum Gasteiger partial charge on any atom is -0.406 e. The van der Waals surface area contributed by atoms with Crippen molar-refractivity contribution in [1.29, 1.82) is 0 Å². The fourth-order valence-corrected chi connectivity index (χ4v) is 1.51. The Bertz CT molecular complexity index is 478. The van der Waals surface area contributed by atoms with Crippen molar-refractivity contribution >= 4 is 11.7 Å². The monoisotopic (exact) mass is 246 g/mol. The molecule has 18 heavy (non-hydrogen) atoms. The molecule has 96 valence electrons. The van der Waals surface area contributed by atoms with Gasteiger partial charge in [0.25, 0.3) is 0 Å². The Morgan fingerprint density at radius 2 is 1.94 bits per heavy atom. The van der Waals surface area contributed by atoms with Gasteiger partial charge in [0.15, 0.2) is 0 Å². The molecule has 0 atom stereocenters. The van der Waals surface area contributed by atoms with E-state index >= 15 is 0 Å². The van der Waals surface area contributed by atoms with Gasteiger partial charge >= 0.3 is 6.01 Å². The maximum atomic E-state index is 5.47. The highest BCUT2D eigenvalue weighted by Crippen LogP contribution is 2.15. The van der Waals surface area contributed by atoms with Gasteiger partial charge in [-0.05, 0) is 32.0 Å². The van der Waals surface area contributed by atoms with Gasteiger partial charge in [0.05, 0.1) is 6.54 Å². The first kappa shape index (κ1) is 12.6. The van der Waals surface area contributed by atoms with E-state index in [0.717, 1.165) is 18.7 Å². The van der Waals surface area contributed by atoms with Crippen LogP contribution in [0.25, 0.3) is 0 Å². The average molecular weight is 246 g/mol. The lowest BCUT2D eigenvalue weighted by molar-refractivity contribution is 0.479. The molecule has 0 aliphatic rings. The van der Waals surface area contributed by atoms with Gasteiger partial charge in [-0.1, -0.05) is 29.7 Å². The zero-order chi connectivity index (χ0) is 12.8. The molecule has 2 rings (SSSR count). The van der Waals surface area contributed by atoms with Gasteiger partial charge in [0.1, 0.15) is 0 Å². The second-order valence-electron chi connectivity index (χ2n) is 4.17. The summed E-state index contributed by atoms with van der Waals surface area (Å²) in [5.41, 5.74) is 2.16. The molecule has 0 saturated heterocycles. The van der Waals surface area contributed by atoms with Crippen molar-refractivity contribution in [2.24, 2.45) is 0 Å². The van der Waals surface area contributed by atoms with E-state index in [2.05, 4.69) is 27.8 Å². The van der Waals surface area contributed by atoms with E-state index in [9.17, 15) is 0 Å². The molecule has 2 N–H and O–H groups in total. The third kappa shape index (κ3) is 3.56. The molecule has 5 heteroatoms. The average Bonchev–Trinajstić information content (AvgIpc) is 2.80. The van der Waals surface area contributed by atoms with Crippen molar-refractivity contribution in [3.8, 4) is 0 Å². The minimum absolute atomic E-state index is 0.423. The number of hydrogen-bond donors (Lipinski definition) is 2. The molecule has 2 aromatic rings. The summed E-state index contributed by atoms with van der Waals surface area (Å²) in [7, 11) is 0. The van der Waals surface area contributed by atoms with Crippen LogP contribution < -0.4 is 10.6 Å². The number of anilines is 2. The van der Waals surface area contributed by atoms with Gasteiger partial charge < -0.3 is 15.1 Å². The molecular formula is C13H18N4O. The minimum atomic E-state index is 0.423. The fourth-order valence-electron chi connectivity index (χ4n) is 1.51. The van der Waals surface area contributed by atoms with Crippen LogP contribution in [0.3, 0.4) is 0 Å². The fraction of sp³-hybridized carbons (Fsp3) is 0.385. The highest BCUT2D eigenvalue weighted by atomic mass is 16.4. The van der Waals surface area contributed by atoms with Crippen LogP contribution in [0.1, 0.15) is 24.8 Å². The summed E-state index contributed by atoms with van der Waals surface area (Å²) in [4.78, 5) is 0. The van der Waals surface area contributed by atoms with Crippen LogP contribution in [0.4, 0.5) is 11.7 Å². The van der Waals surface area contributed by atoms with Crippen LogP contribution in [0, 0.1) is 6.92 Å². The number of nitrogens with zero attached hydrogens (tertiary/aromatic N) is 2. The van der Waals surface area contributed by atoms with Crippen molar-refractivity contribution in [2.75, 3.05) is 11.9 Å². The zero-order valence-electron chi connectivity index (χ0n) is 10.7. The smallest absolute Gasteiger partial charge is 0.320 e. The predicted octanol–water partition coefficient (Wildman–Crippen LogP) is 2.62. The highest BCUT2D eigenvalue weighted by Gasteiger charge is 2.05. The van der Waals surface area contributed by atoms with E-state index in [0.29, 0.717) is 18.5 Å². The first-order valence-electron chi connectivity index (χ1n) is 6.14. The second-order valence-corrected chi connectivity index (χ2v) is 4.17.